The third kappa shape index (κ3) is 2.85. The van der Waals surface area contributed by atoms with Gasteiger partial charge < -0.3 is 4.90 Å². The van der Waals surface area contributed by atoms with Crippen molar-refractivity contribution in [3.63, 3.8) is 0 Å². The zero-order valence-electron chi connectivity index (χ0n) is 15.0. The third-order valence-corrected chi connectivity index (χ3v) is 5.51. The van der Waals surface area contributed by atoms with Gasteiger partial charge in [0, 0.05) is 30.9 Å². The summed E-state index contributed by atoms with van der Waals surface area (Å²) in [5.74, 6) is -1.10. The van der Waals surface area contributed by atoms with E-state index < -0.39 is 11.6 Å². The van der Waals surface area contributed by atoms with Crippen molar-refractivity contribution < 1.29 is 13.6 Å². The molecule has 0 fully saturated rings. The molecule has 2 aliphatic rings. The van der Waals surface area contributed by atoms with Crippen molar-refractivity contribution in [1.29, 1.82) is 0 Å². The summed E-state index contributed by atoms with van der Waals surface area (Å²) in [6.45, 7) is 0.782. The molecule has 0 saturated heterocycles. The molecule has 1 aliphatic carbocycles. The van der Waals surface area contributed by atoms with Gasteiger partial charge in [-0.2, -0.15) is 0 Å². The van der Waals surface area contributed by atoms with E-state index in [-0.39, 0.29) is 18.1 Å². The summed E-state index contributed by atoms with van der Waals surface area (Å²) >= 11 is 0. The van der Waals surface area contributed by atoms with Gasteiger partial charge in [0.25, 0.3) is 0 Å². The summed E-state index contributed by atoms with van der Waals surface area (Å²) in [7, 11) is 0. The number of fused-ring (bicyclic) bond motifs is 2. The van der Waals surface area contributed by atoms with Crippen LogP contribution in [0.5, 0.6) is 0 Å². The summed E-state index contributed by atoms with van der Waals surface area (Å²) in [4.78, 5) is 23.7. The first kappa shape index (κ1) is 17.0. The normalized spacial score (nSPS) is 18.1. The molecular weight excluding hydrogens is 360 g/mol. The number of nitrogens with zero attached hydrogens (tertiary/aromatic N) is 3. The molecule has 2 aromatic carbocycles. The molecule has 28 heavy (non-hydrogen) atoms. The van der Waals surface area contributed by atoms with Crippen molar-refractivity contribution in [2.75, 3.05) is 11.4 Å². The molecule has 1 aliphatic heterocycles. The van der Waals surface area contributed by atoms with Crippen LogP contribution in [-0.4, -0.2) is 22.3 Å². The molecular formula is C22H17F2N3O. The summed E-state index contributed by atoms with van der Waals surface area (Å²) in [5, 5.41) is 0. The molecule has 1 aromatic heterocycles. The van der Waals surface area contributed by atoms with Gasteiger partial charge in [-0.1, -0.05) is 18.2 Å². The van der Waals surface area contributed by atoms with Crippen LogP contribution in [0.1, 0.15) is 39.5 Å². The van der Waals surface area contributed by atoms with Crippen LogP contribution >= 0.6 is 0 Å². The van der Waals surface area contributed by atoms with E-state index in [1.807, 2.05) is 23.1 Å². The van der Waals surface area contributed by atoms with Crippen LogP contribution in [0.3, 0.4) is 0 Å². The number of carbonyl (C=O) groups is 1. The highest BCUT2D eigenvalue weighted by Crippen LogP contribution is 2.36. The van der Waals surface area contributed by atoms with E-state index in [0.29, 0.717) is 29.2 Å². The second-order valence-corrected chi connectivity index (χ2v) is 7.29. The number of rotatable bonds is 2. The highest BCUT2D eigenvalue weighted by atomic mass is 19.1. The lowest BCUT2D eigenvalue weighted by molar-refractivity contribution is 0.0962. The van der Waals surface area contributed by atoms with Gasteiger partial charge in [-0.25, -0.2) is 18.7 Å². The van der Waals surface area contributed by atoms with Crippen LogP contribution in [-0.2, 0) is 12.8 Å². The van der Waals surface area contributed by atoms with Crippen molar-refractivity contribution >= 4 is 17.4 Å². The lowest BCUT2D eigenvalue weighted by atomic mass is 9.82. The lowest BCUT2D eigenvalue weighted by Crippen LogP contribution is -2.23. The minimum Gasteiger partial charge on any atom is -0.310 e. The van der Waals surface area contributed by atoms with Crippen LogP contribution in [0.2, 0.25) is 0 Å². The molecule has 1 atom stereocenters. The maximum Gasteiger partial charge on any atom is 0.230 e. The summed E-state index contributed by atoms with van der Waals surface area (Å²) in [6.07, 6.45) is 3.16. The van der Waals surface area contributed by atoms with Gasteiger partial charge in [0.2, 0.25) is 5.95 Å². The second kappa shape index (κ2) is 6.48. The Morgan fingerprint density at radius 1 is 1.04 bits per heavy atom. The van der Waals surface area contributed by atoms with Crippen molar-refractivity contribution in [2.24, 2.45) is 0 Å². The number of anilines is 2. The maximum atomic E-state index is 13.6. The van der Waals surface area contributed by atoms with E-state index in [2.05, 4.69) is 16.0 Å². The van der Waals surface area contributed by atoms with E-state index in [9.17, 15) is 13.6 Å². The van der Waals surface area contributed by atoms with E-state index >= 15 is 0 Å². The Bertz CT molecular complexity index is 1080. The lowest BCUT2D eigenvalue weighted by Gasteiger charge is -2.25. The van der Waals surface area contributed by atoms with Crippen molar-refractivity contribution in [3.8, 4) is 0 Å². The Morgan fingerprint density at radius 3 is 2.64 bits per heavy atom. The Kier molecular flexibility index (Phi) is 3.93. The molecule has 3 aromatic rings. The Labute approximate surface area is 160 Å². The van der Waals surface area contributed by atoms with Gasteiger partial charge >= 0.3 is 0 Å². The zero-order chi connectivity index (χ0) is 19.3. The van der Waals surface area contributed by atoms with Gasteiger partial charge in [-0.15, -0.1) is 0 Å². The molecule has 0 saturated carbocycles. The van der Waals surface area contributed by atoms with Crippen molar-refractivity contribution in [3.05, 3.63) is 82.7 Å². The van der Waals surface area contributed by atoms with E-state index in [1.165, 1.54) is 17.7 Å². The molecule has 0 N–H and O–H groups in total. The Morgan fingerprint density at radius 2 is 1.82 bits per heavy atom. The van der Waals surface area contributed by atoms with Crippen LogP contribution in [0.4, 0.5) is 20.4 Å². The topological polar surface area (TPSA) is 46.1 Å². The van der Waals surface area contributed by atoms with E-state index in [1.54, 1.807) is 6.20 Å². The van der Waals surface area contributed by atoms with Crippen LogP contribution in [0, 0.1) is 11.6 Å². The van der Waals surface area contributed by atoms with Crippen LogP contribution in [0.15, 0.2) is 48.7 Å². The molecule has 0 radical (unpaired) electrons. The molecule has 5 rings (SSSR count). The average molecular weight is 377 g/mol. The minimum absolute atomic E-state index is 0.0932. The van der Waals surface area contributed by atoms with Crippen molar-refractivity contribution in [2.45, 2.75) is 25.2 Å². The third-order valence-electron chi connectivity index (χ3n) is 5.51. The van der Waals surface area contributed by atoms with Crippen molar-refractivity contribution in [1.82, 2.24) is 9.97 Å². The second-order valence-electron chi connectivity index (χ2n) is 7.29. The number of aromatic nitrogens is 2. The Balaban J connectivity index is 1.50. The summed E-state index contributed by atoms with van der Waals surface area (Å²) in [6, 6.07) is 11.5. The van der Waals surface area contributed by atoms with Gasteiger partial charge in [0.05, 0.1) is 11.3 Å². The summed E-state index contributed by atoms with van der Waals surface area (Å²) in [5.41, 5.74) is 3.95. The number of Topliss-reactive ketones (excluding diaryl/α,β-unsaturated/α-hetero) is 1. The van der Waals surface area contributed by atoms with Gasteiger partial charge in [-0.05, 0) is 48.1 Å². The van der Waals surface area contributed by atoms with Gasteiger partial charge in [0.1, 0.15) is 11.6 Å². The molecule has 140 valence electrons. The minimum atomic E-state index is -0.634. The standard InChI is InChI=1S/C22H17F2N3O/c23-16-7-14(8-17(24)11-16)15-9-19-18(21(28)10-15)12-25-22(26-19)27-6-5-13-3-1-2-4-20(13)27/h1-4,7-8,11-12,15H,5-6,9-10H2/t15-/m1/s1. The number of carbonyl (C=O) groups excluding carboxylic acids is 1. The fourth-order valence-corrected chi connectivity index (χ4v) is 4.16. The number of halogens is 2. The largest absolute Gasteiger partial charge is 0.310 e. The molecule has 4 nitrogen and oxygen atoms in total. The monoisotopic (exact) mass is 377 g/mol. The number of benzene rings is 2. The molecule has 0 bridgehead atoms. The first-order valence-corrected chi connectivity index (χ1v) is 9.29. The highest BCUT2D eigenvalue weighted by Gasteiger charge is 2.30. The van der Waals surface area contributed by atoms with E-state index in [0.717, 1.165) is 24.7 Å². The highest BCUT2D eigenvalue weighted by molar-refractivity contribution is 5.98. The quantitative estimate of drug-likeness (QED) is 0.666. The number of para-hydroxylation sites is 1. The van der Waals surface area contributed by atoms with Crippen LogP contribution < -0.4 is 4.90 Å². The Hall–Kier alpha value is -3.15. The fourth-order valence-electron chi connectivity index (χ4n) is 4.16. The van der Waals surface area contributed by atoms with Crippen LogP contribution in [0.25, 0.3) is 0 Å². The SMILES string of the molecule is O=C1C[C@H](c2cc(F)cc(F)c2)Cc2nc(N3CCc4ccccc43)ncc21. The number of hydrogen-bond acceptors (Lipinski definition) is 4. The first-order valence-electron chi connectivity index (χ1n) is 9.29. The number of hydrogen-bond donors (Lipinski definition) is 0. The zero-order valence-corrected chi connectivity index (χ0v) is 15.0. The predicted octanol–water partition coefficient (Wildman–Crippen LogP) is 4.36. The van der Waals surface area contributed by atoms with E-state index in [4.69, 9.17) is 0 Å². The van der Waals surface area contributed by atoms with Gasteiger partial charge in [-0.3, -0.25) is 4.79 Å². The first-order chi connectivity index (χ1) is 13.6. The smallest absolute Gasteiger partial charge is 0.230 e. The predicted molar refractivity (Wildman–Crippen MR) is 101 cm³/mol. The van der Waals surface area contributed by atoms with Gasteiger partial charge in [0.15, 0.2) is 5.78 Å². The molecule has 6 heteroatoms. The molecule has 0 unspecified atom stereocenters. The molecule has 2 heterocycles. The number of ketones is 1. The average Bonchev–Trinajstić information content (AvgIpc) is 3.11. The molecule has 0 amide bonds. The maximum absolute atomic E-state index is 13.6. The summed E-state index contributed by atoms with van der Waals surface area (Å²) < 4.78 is 27.3. The molecule has 0 spiro atoms. The fraction of sp³-hybridized carbons (Fsp3) is 0.227.